The van der Waals surface area contributed by atoms with E-state index in [4.69, 9.17) is 19.0 Å². The number of nitrogens with zero attached hydrogens (tertiary/aromatic N) is 1. The van der Waals surface area contributed by atoms with Crippen LogP contribution in [-0.2, 0) is 47.8 Å². The molecule has 1 saturated heterocycles. The molecule has 16 nitrogen and oxygen atoms in total. The lowest BCUT2D eigenvalue weighted by atomic mass is 10.0. The van der Waals surface area contributed by atoms with Crippen molar-refractivity contribution >= 4 is 53.0 Å². The maximum Gasteiger partial charge on any atom is 0.534 e. The number of hydroxylamine groups is 2. The van der Waals surface area contributed by atoms with Crippen LogP contribution in [0.4, 0.5) is 16.2 Å². The number of hydrogen-bond acceptors (Lipinski definition) is 11. The number of fused-ring (bicyclic) bond motifs is 3. The number of benzene rings is 2. The molecular formula is C38H49N5O11. The number of carbonyl (C=O) groups excluding carboxylic acids is 7. The molecule has 2 aromatic carbocycles. The minimum absolute atomic E-state index is 0.0863. The van der Waals surface area contributed by atoms with Crippen molar-refractivity contribution < 1.29 is 52.6 Å². The van der Waals surface area contributed by atoms with Crippen molar-refractivity contribution in [2.75, 3.05) is 50.2 Å². The Labute approximate surface area is 313 Å². The molecule has 1 heterocycles. The van der Waals surface area contributed by atoms with E-state index in [1.54, 1.807) is 36.4 Å². The smallest absolute Gasteiger partial charge is 0.420 e. The van der Waals surface area contributed by atoms with Crippen LogP contribution in [0.2, 0.25) is 0 Å². The van der Waals surface area contributed by atoms with E-state index >= 15 is 0 Å². The van der Waals surface area contributed by atoms with Crippen molar-refractivity contribution in [1.29, 1.82) is 0 Å². The number of amides is 6. The highest BCUT2D eigenvalue weighted by atomic mass is 16.8. The highest BCUT2D eigenvalue weighted by Gasteiger charge is 2.37. The first kappa shape index (κ1) is 41.4. The van der Waals surface area contributed by atoms with Gasteiger partial charge < -0.3 is 35.5 Å². The summed E-state index contributed by atoms with van der Waals surface area (Å²) in [7, 11) is 0. The molecule has 1 fully saturated rings. The van der Waals surface area contributed by atoms with Crippen molar-refractivity contribution in [3.05, 3.63) is 47.5 Å². The molecule has 0 spiro atoms. The Morgan fingerprint density at radius 2 is 1.09 bits per heavy atom. The summed E-state index contributed by atoms with van der Waals surface area (Å²) in [5.41, 5.74) is 3.13. The molecule has 292 valence electrons. The fourth-order valence-electron chi connectivity index (χ4n) is 5.81. The largest absolute Gasteiger partial charge is 0.534 e. The summed E-state index contributed by atoms with van der Waals surface area (Å²) in [6.45, 7) is 6.89. The lowest BCUT2D eigenvalue weighted by molar-refractivity contribution is -0.178. The van der Waals surface area contributed by atoms with Crippen LogP contribution in [0.25, 0.3) is 11.1 Å². The second-order valence-electron chi connectivity index (χ2n) is 12.8. The van der Waals surface area contributed by atoms with E-state index in [1.165, 1.54) is 0 Å². The van der Waals surface area contributed by atoms with Crippen LogP contribution in [0.15, 0.2) is 36.4 Å². The standard InChI is InChI=1S/C38H49N5O11/c1-3-19-51-21-17-39-31(44)7-5-9-33(46)41-25-11-13-27-28-14-12-26(42-34(47)10-6-8-32(45)40-18-22-52-20-4-2)24-30(28)37(29(27)23-25)53-38(50)54-43-35(48)15-16-36(43)49/h11-14,23-24,37H,3-10,15-22H2,1-2H3,(H,39,44)(H,40,45)(H,41,46)(H,42,47). The van der Waals surface area contributed by atoms with E-state index < -0.39 is 24.1 Å². The van der Waals surface area contributed by atoms with Crippen LogP contribution in [0, 0.1) is 0 Å². The number of anilines is 2. The molecule has 0 atom stereocenters. The molecule has 0 bridgehead atoms. The van der Waals surface area contributed by atoms with Gasteiger partial charge in [-0.1, -0.05) is 31.0 Å². The van der Waals surface area contributed by atoms with Crippen LogP contribution in [0.3, 0.4) is 0 Å². The number of carbonyl (C=O) groups is 7. The van der Waals surface area contributed by atoms with Gasteiger partial charge in [0.15, 0.2) is 6.10 Å². The van der Waals surface area contributed by atoms with Gasteiger partial charge in [-0.2, -0.15) is 0 Å². The third-order valence-electron chi connectivity index (χ3n) is 8.36. The zero-order valence-electron chi connectivity index (χ0n) is 30.8. The summed E-state index contributed by atoms with van der Waals surface area (Å²) >= 11 is 0. The minimum atomic E-state index is -1.29. The summed E-state index contributed by atoms with van der Waals surface area (Å²) in [6, 6.07) is 10.2. The molecule has 54 heavy (non-hydrogen) atoms. The molecular weight excluding hydrogens is 702 g/mol. The van der Waals surface area contributed by atoms with Crippen molar-refractivity contribution in [1.82, 2.24) is 15.7 Å². The van der Waals surface area contributed by atoms with Crippen LogP contribution in [0.5, 0.6) is 0 Å². The van der Waals surface area contributed by atoms with Crippen molar-refractivity contribution in [2.45, 2.75) is 84.2 Å². The second-order valence-corrected chi connectivity index (χ2v) is 12.8. The predicted octanol–water partition coefficient (Wildman–Crippen LogP) is 4.28. The molecule has 0 aromatic heterocycles. The van der Waals surface area contributed by atoms with Gasteiger partial charge in [-0.3, -0.25) is 33.6 Å². The molecule has 16 heteroatoms. The minimum Gasteiger partial charge on any atom is -0.420 e. The zero-order chi connectivity index (χ0) is 38.9. The summed E-state index contributed by atoms with van der Waals surface area (Å²) < 4.78 is 16.4. The summed E-state index contributed by atoms with van der Waals surface area (Å²) in [5, 5.41) is 11.5. The zero-order valence-corrected chi connectivity index (χ0v) is 30.8. The van der Waals surface area contributed by atoms with Crippen LogP contribution < -0.4 is 21.3 Å². The van der Waals surface area contributed by atoms with Crippen molar-refractivity contribution in [2.24, 2.45) is 0 Å². The number of rotatable bonds is 22. The predicted molar refractivity (Wildman–Crippen MR) is 196 cm³/mol. The summed E-state index contributed by atoms with van der Waals surface area (Å²) in [5.74, 6) is -2.34. The number of nitrogens with one attached hydrogen (secondary N) is 4. The maximum absolute atomic E-state index is 13.0. The second kappa shape index (κ2) is 21.4. The Morgan fingerprint density at radius 3 is 1.54 bits per heavy atom. The van der Waals surface area contributed by atoms with E-state index in [1.807, 2.05) is 13.8 Å². The normalized spacial score (nSPS) is 13.3. The summed E-state index contributed by atoms with van der Waals surface area (Å²) in [6.07, 6.45) is 0.374. The highest BCUT2D eigenvalue weighted by molar-refractivity contribution is 6.01. The Kier molecular flexibility index (Phi) is 16.4. The number of ether oxygens (including phenoxy) is 3. The average Bonchev–Trinajstić information content (AvgIpc) is 3.61. The molecule has 1 aliphatic carbocycles. The van der Waals surface area contributed by atoms with E-state index in [0.717, 1.165) is 12.8 Å². The Balaban J connectivity index is 1.39. The Morgan fingerprint density at radius 1 is 0.648 bits per heavy atom. The fraction of sp³-hybridized carbons (Fsp3) is 0.500. The Hall–Kier alpha value is -5.35. The monoisotopic (exact) mass is 751 g/mol. The van der Waals surface area contributed by atoms with Gasteiger partial charge in [-0.25, -0.2) is 4.79 Å². The lowest BCUT2D eigenvalue weighted by Crippen LogP contribution is -2.32. The van der Waals surface area contributed by atoms with Gasteiger partial charge in [0.05, 0.1) is 13.2 Å². The first-order valence-corrected chi connectivity index (χ1v) is 18.4. The van der Waals surface area contributed by atoms with Gasteiger partial charge in [-0.15, -0.1) is 0 Å². The van der Waals surface area contributed by atoms with Gasteiger partial charge >= 0.3 is 6.16 Å². The molecule has 0 unspecified atom stereocenters. The van der Waals surface area contributed by atoms with E-state index in [-0.39, 0.29) is 62.2 Å². The molecule has 2 aliphatic rings. The molecule has 0 saturated carbocycles. The highest BCUT2D eigenvalue weighted by Crippen LogP contribution is 2.47. The summed E-state index contributed by atoms with van der Waals surface area (Å²) in [4.78, 5) is 91.9. The molecule has 1 aliphatic heterocycles. The van der Waals surface area contributed by atoms with Crippen LogP contribution >= 0.6 is 0 Å². The maximum atomic E-state index is 13.0. The molecule has 2 aromatic rings. The first-order valence-electron chi connectivity index (χ1n) is 18.4. The average molecular weight is 752 g/mol. The third kappa shape index (κ3) is 12.7. The van der Waals surface area contributed by atoms with E-state index in [2.05, 4.69) is 21.3 Å². The van der Waals surface area contributed by atoms with Crippen LogP contribution in [0.1, 0.15) is 95.3 Å². The van der Waals surface area contributed by atoms with Gasteiger partial charge in [0, 0.05) is 87.3 Å². The van der Waals surface area contributed by atoms with Gasteiger partial charge in [0.25, 0.3) is 11.8 Å². The quantitative estimate of drug-likeness (QED) is 0.0759. The van der Waals surface area contributed by atoms with Gasteiger partial charge in [0.1, 0.15) is 0 Å². The topological polar surface area (TPSA) is 208 Å². The SMILES string of the molecule is CCCOCCNC(=O)CCCC(=O)Nc1ccc2c(c1)C(OC(=O)ON1C(=O)CCC1=O)c1cc(NC(=O)CCCC(=O)NCCOCCC)ccc1-2. The fourth-order valence-corrected chi connectivity index (χ4v) is 5.81. The molecule has 4 N–H and O–H groups in total. The Bertz CT molecular complexity index is 1570. The molecule has 0 radical (unpaired) electrons. The molecule has 6 amide bonds. The van der Waals surface area contributed by atoms with E-state index in [9.17, 15) is 33.6 Å². The number of hydrogen-bond donors (Lipinski definition) is 4. The van der Waals surface area contributed by atoms with Gasteiger partial charge in [-0.05, 0) is 61.1 Å². The molecule has 4 rings (SSSR count). The van der Waals surface area contributed by atoms with Crippen molar-refractivity contribution in [3.63, 3.8) is 0 Å². The third-order valence-corrected chi connectivity index (χ3v) is 8.36. The lowest BCUT2D eigenvalue weighted by Gasteiger charge is -2.18. The number of imide groups is 1. The van der Waals surface area contributed by atoms with Crippen LogP contribution in [-0.4, -0.2) is 86.2 Å². The van der Waals surface area contributed by atoms with Crippen molar-refractivity contribution in [3.8, 4) is 11.1 Å². The van der Waals surface area contributed by atoms with Gasteiger partial charge in [0.2, 0.25) is 23.6 Å². The first-order chi connectivity index (χ1) is 26.1. The van der Waals surface area contributed by atoms with E-state index in [0.29, 0.717) is 91.1 Å².